The van der Waals surface area contributed by atoms with Gasteiger partial charge in [-0.3, -0.25) is 0 Å². The molecule has 0 unspecified atom stereocenters. The Kier molecular flexibility index (Phi) is 7.60. The van der Waals surface area contributed by atoms with Crippen LogP contribution in [0.1, 0.15) is 78.1 Å². The highest BCUT2D eigenvalue weighted by molar-refractivity contribution is 5.35. The first-order valence-electron chi connectivity index (χ1n) is 10.1. The zero-order valence-electron chi connectivity index (χ0n) is 16.0. The molecule has 2 aliphatic rings. The van der Waals surface area contributed by atoms with Gasteiger partial charge < -0.3 is 4.74 Å². The molecule has 0 aromatic heterocycles. The number of ether oxygens (including phenoxy) is 1. The Balaban J connectivity index is 1.79. The summed E-state index contributed by atoms with van der Waals surface area (Å²) in [7, 11) is 0. The minimum Gasteiger partial charge on any atom is -0.491 e. The molecule has 0 radical (unpaired) electrons. The lowest BCUT2D eigenvalue weighted by molar-refractivity contribution is -0.186. The fraction of sp³-hybridized carbons (Fsp3) is 0.810. The quantitative estimate of drug-likeness (QED) is 0.303. The fourth-order valence-electron chi connectivity index (χ4n) is 4.16. The second-order valence-electron chi connectivity index (χ2n) is 7.79. The van der Waals surface area contributed by atoms with Gasteiger partial charge in [-0.25, -0.2) is 0 Å². The Morgan fingerprint density at radius 2 is 1.50 bits per heavy atom. The smallest absolute Gasteiger partial charge is 0.369 e. The van der Waals surface area contributed by atoms with Crippen molar-refractivity contribution in [1.82, 2.24) is 0 Å². The van der Waals surface area contributed by atoms with Crippen LogP contribution in [0.4, 0.5) is 17.6 Å². The van der Waals surface area contributed by atoms with Crippen LogP contribution in [0, 0.1) is 11.8 Å². The van der Waals surface area contributed by atoms with Crippen molar-refractivity contribution < 1.29 is 22.3 Å². The molecule has 0 aromatic carbocycles. The average molecular weight is 376 g/mol. The zero-order chi connectivity index (χ0) is 19.2. The predicted octanol–water partition coefficient (Wildman–Crippen LogP) is 7.28. The molecule has 0 bridgehead atoms. The summed E-state index contributed by atoms with van der Waals surface area (Å²) < 4.78 is 61.5. The molecule has 1 fully saturated rings. The van der Waals surface area contributed by atoms with Gasteiger partial charge in [0.05, 0.1) is 6.61 Å². The van der Waals surface area contributed by atoms with Gasteiger partial charge in [-0.1, -0.05) is 64.9 Å². The largest absolute Gasteiger partial charge is 0.491 e. The first-order chi connectivity index (χ1) is 12.3. The zero-order valence-corrected chi connectivity index (χ0v) is 16.0. The van der Waals surface area contributed by atoms with Crippen LogP contribution in [-0.4, -0.2) is 18.5 Å². The van der Waals surface area contributed by atoms with Gasteiger partial charge in [0, 0.05) is 5.57 Å². The van der Waals surface area contributed by atoms with E-state index in [4.69, 9.17) is 4.74 Å². The van der Waals surface area contributed by atoms with Crippen molar-refractivity contribution in [2.75, 3.05) is 6.61 Å². The molecule has 0 saturated heterocycles. The number of alkyl halides is 4. The van der Waals surface area contributed by atoms with Crippen LogP contribution in [-0.2, 0) is 4.74 Å². The van der Waals surface area contributed by atoms with Gasteiger partial charge in [0.25, 0.3) is 0 Å². The monoisotopic (exact) mass is 376 g/mol. The van der Waals surface area contributed by atoms with Crippen molar-refractivity contribution in [3.05, 3.63) is 23.5 Å². The maximum absolute atomic E-state index is 14.1. The second-order valence-corrected chi connectivity index (χ2v) is 7.79. The molecule has 0 spiro atoms. The van der Waals surface area contributed by atoms with Gasteiger partial charge in [-0.05, 0) is 37.2 Å². The minimum absolute atomic E-state index is 0.0346. The molecule has 150 valence electrons. The van der Waals surface area contributed by atoms with Crippen molar-refractivity contribution >= 4 is 0 Å². The van der Waals surface area contributed by atoms with Gasteiger partial charge in [-0.15, -0.1) is 0 Å². The van der Waals surface area contributed by atoms with Gasteiger partial charge in [0.1, 0.15) is 0 Å². The number of allylic oxidation sites excluding steroid dienone is 4. The van der Waals surface area contributed by atoms with E-state index in [2.05, 4.69) is 6.92 Å². The van der Waals surface area contributed by atoms with Crippen LogP contribution in [0.3, 0.4) is 0 Å². The third-order valence-electron chi connectivity index (χ3n) is 5.74. The van der Waals surface area contributed by atoms with Crippen LogP contribution in [0.5, 0.6) is 0 Å². The Morgan fingerprint density at radius 1 is 0.885 bits per heavy atom. The summed E-state index contributed by atoms with van der Waals surface area (Å²) in [4.78, 5) is 0. The summed E-state index contributed by atoms with van der Waals surface area (Å²) in [5, 5.41) is 0. The molecule has 2 aliphatic carbocycles. The third-order valence-corrected chi connectivity index (χ3v) is 5.74. The van der Waals surface area contributed by atoms with Crippen molar-refractivity contribution in [3.63, 3.8) is 0 Å². The molecule has 0 aromatic rings. The molecular formula is C21H32F4O. The number of halogens is 4. The standard InChI is InChI=1S/C21H32F4O/c1-3-6-16-9-11-17(12-10-16)8-5-15-26-19-14-13-18(7-4-2)20(22,23)21(19,24)25/h13-14,16-17H,3-12,15H2,1-2H3. The van der Waals surface area contributed by atoms with Gasteiger partial charge in [-0.2, -0.15) is 17.6 Å². The molecule has 0 aliphatic heterocycles. The van der Waals surface area contributed by atoms with Gasteiger partial charge in [0.2, 0.25) is 0 Å². The van der Waals surface area contributed by atoms with Crippen molar-refractivity contribution in [3.8, 4) is 0 Å². The molecule has 26 heavy (non-hydrogen) atoms. The average Bonchev–Trinajstić information content (AvgIpc) is 2.60. The highest BCUT2D eigenvalue weighted by atomic mass is 19.3. The van der Waals surface area contributed by atoms with Crippen LogP contribution >= 0.6 is 0 Å². The van der Waals surface area contributed by atoms with Crippen LogP contribution in [0.2, 0.25) is 0 Å². The van der Waals surface area contributed by atoms with E-state index in [1.807, 2.05) is 0 Å². The first-order valence-corrected chi connectivity index (χ1v) is 10.1. The van der Waals surface area contributed by atoms with E-state index in [-0.39, 0.29) is 13.0 Å². The van der Waals surface area contributed by atoms with E-state index < -0.39 is 23.2 Å². The van der Waals surface area contributed by atoms with E-state index in [0.717, 1.165) is 24.5 Å². The number of hydrogen-bond donors (Lipinski definition) is 0. The first kappa shape index (κ1) is 21.3. The normalized spacial score (nSPS) is 27.6. The van der Waals surface area contributed by atoms with E-state index in [1.165, 1.54) is 38.5 Å². The van der Waals surface area contributed by atoms with Gasteiger partial charge in [0.15, 0.2) is 5.76 Å². The van der Waals surface area contributed by atoms with E-state index in [1.54, 1.807) is 6.92 Å². The summed E-state index contributed by atoms with van der Waals surface area (Å²) >= 11 is 0. The Hall–Kier alpha value is -1.00. The van der Waals surface area contributed by atoms with Crippen molar-refractivity contribution in [2.24, 2.45) is 11.8 Å². The molecule has 5 heteroatoms. The van der Waals surface area contributed by atoms with Crippen LogP contribution in [0.15, 0.2) is 23.5 Å². The number of hydrogen-bond acceptors (Lipinski definition) is 1. The maximum Gasteiger partial charge on any atom is 0.369 e. The minimum atomic E-state index is -4.26. The van der Waals surface area contributed by atoms with E-state index >= 15 is 0 Å². The molecule has 2 rings (SSSR count). The van der Waals surface area contributed by atoms with Crippen molar-refractivity contribution in [2.45, 2.75) is 89.9 Å². The lowest BCUT2D eigenvalue weighted by atomic mass is 9.78. The Morgan fingerprint density at radius 3 is 2.08 bits per heavy atom. The molecule has 0 amide bonds. The second kappa shape index (κ2) is 9.27. The summed E-state index contributed by atoms with van der Waals surface area (Å²) in [6.45, 7) is 3.98. The summed E-state index contributed by atoms with van der Waals surface area (Å²) in [5.41, 5.74) is -0.513. The molecule has 1 saturated carbocycles. The SMILES string of the molecule is CCCC1=CC=C(OCCCC2CCC(CCC)CC2)C(F)(F)C1(F)F. The van der Waals surface area contributed by atoms with Crippen LogP contribution < -0.4 is 0 Å². The molecule has 0 atom stereocenters. The summed E-state index contributed by atoms with van der Waals surface area (Å²) in [6, 6.07) is 0. The molecule has 1 nitrogen and oxygen atoms in total. The highest BCUT2D eigenvalue weighted by Gasteiger charge is 2.63. The van der Waals surface area contributed by atoms with E-state index in [0.29, 0.717) is 18.8 Å². The van der Waals surface area contributed by atoms with Crippen molar-refractivity contribution in [1.29, 1.82) is 0 Å². The summed E-state index contributed by atoms with van der Waals surface area (Å²) in [5.74, 6) is -7.86. The number of rotatable bonds is 9. The van der Waals surface area contributed by atoms with Crippen LogP contribution in [0.25, 0.3) is 0 Å². The predicted molar refractivity (Wildman–Crippen MR) is 96.5 cm³/mol. The Labute approximate surface area is 154 Å². The van der Waals surface area contributed by atoms with Gasteiger partial charge >= 0.3 is 11.8 Å². The molecular weight excluding hydrogens is 344 g/mol. The Bertz CT molecular complexity index is 502. The van der Waals surface area contributed by atoms with E-state index in [9.17, 15) is 17.6 Å². The highest BCUT2D eigenvalue weighted by Crippen LogP contribution is 2.48. The fourth-order valence-corrected chi connectivity index (χ4v) is 4.16. The maximum atomic E-state index is 14.1. The molecule has 0 N–H and O–H groups in total. The lowest BCUT2D eigenvalue weighted by Crippen LogP contribution is -2.46. The lowest BCUT2D eigenvalue weighted by Gasteiger charge is -2.33. The third kappa shape index (κ3) is 4.83. The summed E-state index contributed by atoms with van der Waals surface area (Å²) in [6.07, 6.45) is 11.4. The topological polar surface area (TPSA) is 9.23 Å². The molecule has 0 heterocycles.